The summed E-state index contributed by atoms with van der Waals surface area (Å²) in [6.07, 6.45) is 3.35. The van der Waals surface area contributed by atoms with E-state index in [0.717, 1.165) is 35.1 Å². The lowest BCUT2D eigenvalue weighted by Crippen LogP contribution is -2.22. The Morgan fingerprint density at radius 1 is 1.40 bits per heavy atom. The van der Waals surface area contributed by atoms with Gasteiger partial charge in [-0.1, -0.05) is 15.9 Å². The third-order valence-corrected chi connectivity index (χ3v) is 4.45. The van der Waals surface area contributed by atoms with Gasteiger partial charge in [-0.25, -0.2) is 4.68 Å². The number of hydrogen-bond donors (Lipinski definition) is 1. The lowest BCUT2D eigenvalue weighted by Gasteiger charge is -2.19. The summed E-state index contributed by atoms with van der Waals surface area (Å²) in [4.78, 5) is 0. The van der Waals surface area contributed by atoms with Crippen LogP contribution < -0.4 is 5.73 Å². The molecule has 2 aromatic rings. The van der Waals surface area contributed by atoms with Gasteiger partial charge in [0.1, 0.15) is 0 Å². The zero-order valence-corrected chi connectivity index (χ0v) is 12.7. The van der Waals surface area contributed by atoms with Crippen LogP contribution in [0.4, 0.5) is 5.69 Å². The van der Waals surface area contributed by atoms with Crippen molar-refractivity contribution in [3.8, 4) is 11.4 Å². The van der Waals surface area contributed by atoms with Crippen LogP contribution in [-0.2, 0) is 4.74 Å². The Kier molecular flexibility index (Phi) is 3.71. The zero-order chi connectivity index (χ0) is 14.1. The largest absolute Gasteiger partial charge is 0.399 e. The number of rotatable bonds is 3. The van der Waals surface area contributed by atoms with E-state index in [1.54, 1.807) is 7.11 Å². The fraction of sp³-hybridized carbons (Fsp3) is 0.462. The minimum Gasteiger partial charge on any atom is -0.399 e. The normalized spacial score (nSPS) is 22.3. The molecular weight excluding hydrogens is 322 g/mol. The Bertz CT molecular complexity index is 615. The number of tetrazole rings is 1. The van der Waals surface area contributed by atoms with Gasteiger partial charge in [0.15, 0.2) is 5.82 Å². The van der Waals surface area contributed by atoms with Gasteiger partial charge in [0.25, 0.3) is 0 Å². The molecule has 1 aliphatic rings. The fourth-order valence-electron chi connectivity index (χ4n) is 2.77. The maximum atomic E-state index is 5.87. The van der Waals surface area contributed by atoms with Crippen LogP contribution in [0.25, 0.3) is 11.4 Å². The molecule has 20 heavy (non-hydrogen) atoms. The molecule has 1 aromatic heterocycles. The summed E-state index contributed by atoms with van der Waals surface area (Å²) in [5.74, 6) is 0.720. The topological polar surface area (TPSA) is 78.8 Å². The van der Waals surface area contributed by atoms with Gasteiger partial charge in [-0.05, 0) is 47.9 Å². The smallest absolute Gasteiger partial charge is 0.183 e. The van der Waals surface area contributed by atoms with Gasteiger partial charge in [0.2, 0.25) is 0 Å². The molecule has 7 heteroatoms. The maximum absolute atomic E-state index is 5.87. The second-order valence-corrected chi connectivity index (χ2v) is 5.81. The first-order chi connectivity index (χ1) is 9.70. The number of ether oxygens (including phenoxy) is 1. The van der Waals surface area contributed by atoms with Crippen molar-refractivity contribution in [2.24, 2.45) is 0 Å². The second kappa shape index (κ2) is 5.49. The minimum atomic E-state index is 0.164. The Morgan fingerprint density at radius 3 is 3.05 bits per heavy atom. The van der Waals surface area contributed by atoms with E-state index in [1.165, 1.54) is 0 Å². The van der Waals surface area contributed by atoms with E-state index < -0.39 is 0 Å². The molecule has 106 valence electrons. The van der Waals surface area contributed by atoms with E-state index in [-0.39, 0.29) is 12.1 Å². The number of nitrogens with zero attached hydrogens (tertiary/aromatic N) is 4. The van der Waals surface area contributed by atoms with Crippen LogP contribution in [-0.4, -0.2) is 33.4 Å². The first-order valence-electron chi connectivity index (χ1n) is 6.56. The summed E-state index contributed by atoms with van der Waals surface area (Å²) in [7, 11) is 1.74. The number of nitrogen functional groups attached to an aromatic ring is 1. The molecule has 0 saturated heterocycles. The fourth-order valence-corrected chi connectivity index (χ4v) is 3.19. The molecule has 1 aliphatic carbocycles. The van der Waals surface area contributed by atoms with Crippen molar-refractivity contribution < 1.29 is 4.74 Å². The van der Waals surface area contributed by atoms with Gasteiger partial charge >= 0.3 is 0 Å². The summed E-state index contributed by atoms with van der Waals surface area (Å²) in [6, 6.07) is 5.81. The number of benzene rings is 1. The monoisotopic (exact) mass is 337 g/mol. The van der Waals surface area contributed by atoms with E-state index in [2.05, 4.69) is 31.5 Å². The molecule has 2 N–H and O–H groups in total. The average Bonchev–Trinajstić information content (AvgIpc) is 3.08. The summed E-state index contributed by atoms with van der Waals surface area (Å²) in [5, 5.41) is 12.1. The maximum Gasteiger partial charge on any atom is 0.183 e. The van der Waals surface area contributed by atoms with Gasteiger partial charge in [-0.2, -0.15) is 0 Å². The second-order valence-electron chi connectivity index (χ2n) is 4.96. The van der Waals surface area contributed by atoms with Crippen molar-refractivity contribution in [1.29, 1.82) is 0 Å². The van der Waals surface area contributed by atoms with Crippen molar-refractivity contribution in [3.05, 3.63) is 22.7 Å². The lowest BCUT2D eigenvalue weighted by molar-refractivity contribution is 0.0708. The highest BCUT2D eigenvalue weighted by Gasteiger charge is 2.32. The van der Waals surface area contributed by atoms with E-state index in [1.807, 2.05) is 22.9 Å². The van der Waals surface area contributed by atoms with Crippen molar-refractivity contribution >= 4 is 21.6 Å². The van der Waals surface area contributed by atoms with E-state index in [4.69, 9.17) is 10.5 Å². The summed E-state index contributed by atoms with van der Waals surface area (Å²) >= 11 is 3.53. The zero-order valence-electron chi connectivity index (χ0n) is 11.2. The first kappa shape index (κ1) is 13.5. The highest BCUT2D eigenvalue weighted by Crippen LogP contribution is 2.36. The molecule has 2 unspecified atom stereocenters. The van der Waals surface area contributed by atoms with E-state index in [9.17, 15) is 0 Å². The lowest BCUT2D eigenvalue weighted by atomic mass is 10.1. The molecule has 1 aromatic carbocycles. The van der Waals surface area contributed by atoms with Crippen LogP contribution >= 0.6 is 15.9 Å². The van der Waals surface area contributed by atoms with Crippen molar-refractivity contribution in [3.63, 3.8) is 0 Å². The van der Waals surface area contributed by atoms with Crippen LogP contribution in [0.3, 0.4) is 0 Å². The Hall–Kier alpha value is -1.47. The number of nitrogens with two attached hydrogens (primary N) is 1. The SMILES string of the molecule is COC1CCCC1n1nnnc1-c1cc(N)ccc1Br. The van der Waals surface area contributed by atoms with Crippen molar-refractivity contribution in [1.82, 2.24) is 20.2 Å². The van der Waals surface area contributed by atoms with Crippen LogP contribution in [0, 0.1) is 0 Å². The molecule has 3 rings (SSSR count). The molecule has 6 nitrogen and oxygen atoms in total. The predicted octanol–water partition coefficient (Wildman–Crippen LogP) is 2.42. The van der Waals surface area contributed by atoms with Gasteiger partial charge < -0.3 is 10.5 Å². The average molecular weight is 338 g/mol. The Balaban J connectivity index is 2.04. The molecule has 2 atom stereocenters. The third-order valence-electron chi connectivity index (χ3n) is 3.76. The molecule has 0 aliphatic heterocycles. The highest BCUT2D eigenvalue weighted by molar-refractivity contribution is 9.10. The van der Waals surface area contributed by atoms with Crippen LogP contribution in [0.15, 0.2) is 22.7 Å². The molecule has 1 saturated carbocycles. The van der Waals surface area contributed by atoms with Crippen LogP contribution in [0.1, 0.15) is 25.3 Å². The van der Waals surface area contributed by atoms with Crippen LogP contribution in [0.2, 0.25) is 0 Å². The molecular formula is C13H16BrN5O. The number of anilines is 1. The Morgan fingerprint density at radius 2 is 2.25 bits per heavy atom. The van der Waals surface area contributed by atoms with Crippen LogP contribution in [0.5, 0.6) is 0 Å². The van der Waals surface area contributed by atoms with Crippen molar-refractivity contribution in [2.45, 2.75) is 31.4 Å². The molecule has 1 heterocycles. The summed E-state index contributed by atoms with van der Waals surface area (Å²) < 4.78 is 8.33. The van der Waals surface area contributed by atoms with Crippen molar-refractivity contribution in [2.75, 3.05) is 12.8 Å². The van der Waals surface area contributed by atoms with E-state index in [0.29, 0.717) is 5.69 Å². The molecule has 0 bridgehead atoms. The minimum absolute atomic E-state index is 0.164. The number of aromatic nitrogens is 4. The standard InChI is InChI=1S/C13H16BrN5O/c1-20-12-4-2-3-11(12)19-13(16-17-18-19)9-7-8(15)5-6-10(9)14/h5-7,11-12H,2-4,15H2,1H3. The number of methoxy groups -OCH3 is 1. The van der Waals surface area contributed by atoms with Gasteiger partial charge in [0.05, 0.1) is 12.1 Å². The summed E-state index contributed by atoms with van der Waals surface area (Å²) in [6.45, 7) is 0. The Labute approximate surface area is 125 Å². The third kappa shape index (κ3) is 2.31. The number of hydrogen-bond acceptors (Lipinski definition) is 5. The number of halogens is 1. The molecule has 0 spiro atoms. The summed E-state index contributed by atoms with van der Waals surface area (Å²) in [5.41, 5.74) is 7.45. The molecule has 0 radical (unpaired) electrons. The predicted molar refractivity (Wildman–Crippen MR) is 79.1 cm³/mol. The molecule has 0 amide bonds. The van der Waals surface area contributed by atoms with Gasteiger partial charge in [0, 0.05) is 22.8 Å². The highest BCUT2D eigenvalue weighted by atomic mass is 79.9. The van der Waals surface area contributed by atoms with Gasteiger partial charge in [-0.3, -0.25) is 0 Å². The van der Waals surface area contributed by atoms with E-state index >= 15 is 0 Å². The first-order valence-corrected chi connectivity index (χ1v) is 7.36. The quantitative estimate of drug-likeness (QED) is 0.870. The molecule has 1 fully saturated rings. The van der Waals surface area contributed by atoms with Gasteiger partial charge in [-0.15, -0.1) is 5.10 Å².